The Morgan fingerprint density at radius 2 is 1.03 bits per heavy atom. The van der Waals surface area contributed by atoms with Gasteiger partial charge in [0.15, 0.2) is 11.5 Å². The molecule has 0 aliphatic heterocycles. The van der Waals surface area contributed by atoms with Crippen molar-refractivity contribution in [3.05, 3.63) is 107 Å². The smallest absolute Gasteiger partial charge is 0.169 e. The van der Waals surface area contributed by atoms with E-state index in [0.717, 1.165) is 54.2 Å². The number of methoxy groups -OCH3 is 4. The van der Waals surface area contributed by atoms with Crippen molar-refractivity contribution in [3.63, 3.8) is 0 Å². The van der Waals surface area contributed by atoms with Gasteiger partial charge in [0.1, 0.15) is 23.0 Å². The molecule has 0 aromatic heterocycles. The van der Waals surface area contributed by atoms with Crippen LogP contribution in [0.2, 0.25) is 0 Å². The third kappa shape index (κ3) is 6.98. The minimum Gasteiger partial charge on any atom is -0.497 e. The molecule has 4 aromatic carbocycles. The molecule has 0 amide bonds. The van der Waals surface area contributed by atoms with E-state index in [1.807, 2.05) is 48.5 Å². The van der Waals surface area contributed by atoms with E-state index in [0.29, 0.717) is 11.5 Å². The van der Waals surface area contributed by atoms with E-state index in [2.05, 4.69) is 36.4 Å². The average Bonchev–Trinajstić information content (AvgIpc) is 2.95. The summed E-state index contributed by atoms with van der Waals surface area (Å²) in [6, 6.07) is 28.4. The van der Waals surface area contributed by atoms with Gasteiger partial charge in [0.25, 0.3) is 0 Å². The van der Waals surface area contributed by atoms with Crippen molar-refractivity contribution in [1.82, 2.24) is 0 Å². The molecule has 37 heavy (non-hydrogen) atoms. The van der Waals surface area contributed by atoms with Gasteiger partial charge in [0.2, 0.25) is 0 Å². The molecule has 0 unspecified atom stereocenters. The molecule has 0 N–H and O–H groups in total. The van der Waals surface area contributed by atoms with Gasteiger partial charge in [-0.3, -0.25) is 0 Å². The first-order valence-corrected chi connectivity index (χ1v) is 12.4. The zero-order chi connectivity index (χ0) is 26.0. The van der Waals surface area contributed by atoms with Crippen molar-refractivity contribution in [1.29, 1.82) is 0 Å². The molecule has 192 valence electrons. The second kappa shape index (κ2) is 12.7. The summed E-state index contributed by atoms with van der Waals surface area (Å²) in [4.78, 5) is 0. The van der Waals surface area contributed by atoms with Gasteiger partial charge in [-0.05, 0) is 90.4 Å². The summed E-state index contributed by atoms with van der Waals surface area (Å²) in [6.45, 7) is 0. The molecule has 4 rings (SSSR count). The second-order valence-electron chi connectivity index (χ2n) is 8.76. The van der Waals surface area contributed by atoms with Crippen LogP contribution in [0.15, 0.2) is 84.9 Å². The lowest BCUT2D eigenvalue weighted by Gasteiger charge is -2.16. The summed E-state index contributed by atoms with van der Waals surface area (Å²) < 4.78 is 28.2. The minimum atomic E-state index is 0.630. The molecule has 0 heterocycles. The van der Waals surface area contributed by atoms with Crippen LogP contribution in [-0.2, 0) is 25.7 Å². The first kappa shape index (κ1) is 26.0. The molecule has 0 fully saturated rings. The van der Waals surface area contributed by atoms with E-state index in [1.54, 1.807) is 28.4 Å². The molecule has 0 aliphatic carbocycles. The Morgan fingerprint density at radius 1 is 0.432 bits per heavy atom. The predicted octanol–water partition coefficient (Wildman–Crippen LogP) is 7.08. The van der Waals surface area contributed by atoms with Gasteiger partial charge in [-0.25, -0.2) is 0 Å². The van der Waals surface area contributed by atoms with Crippen LogP contribution in [0.5, 0.6) is 34.5 Å². The Kier molecular flexibility index (Phi) is 8.93. The Bertz CT molecular complexity index is 1300. The molecule has 0 saturated heterocycles. The zero-order valence-corrected chi connectivity index (χ0v) is 22.0. The van der Waals surface area contributed by atoms with Gasteiger partial charge in [-0.1, -0.05) is 36.4 Å². The van der Waals surface area contributed by atoms with Crippen molar-refractivity contribution in [2.75, 3.05) is 28.4 Å². The number of benzene rings is 4. The third-order valence-corrected chi connectivity index (χ3v) is 6.37. The Hall–Kier alpha value is -4.12. The number of hydrogen-bond donors (Lipinski definition) is 0. The van der Waals surface area contributed by atoms with Crippen LogP contribution in [-0.4, -0.2) is 28.4 Å². The van der Waals surface area contributed by atoms with E-state index in [4.69, 9.17) is 23.7 Å². The van der Waals surface area contributed by atoms with Gasteiger partial charge >= 0.3 is 0 Å². The third-order valence-electron chi connectivity index (χ3n) is 6.37. The molecular weight excluding hydrogens is 464 g/mol. The summed E-state index contributed by atoms with van der Waals surface area (Å²) in [6.07, 6.45) is 3.49. The highest BCUT2D eigenvalue weighted by atomic mass is 16.5. The van der Waals surface area contributed by atoms with Crippen molar-refractivity contribution >= 4 is 0 Å². The van der Waals surface area contributed by atoms with Crippen molar-refractivity contribution in [3.8, 4) is 34.5 Å². The molecule has 0 bridgehead atoms. The summed E-state index contributed by atoms with van der Waals surface area (Å²) in [7, 11) is 6.69. The Morgan fingerprint density at radius 3 is 1.68 bits per heavy atom. The van der Waals surface area contributed by atoms with Gasteiger partial charge in [0.05, 0.1) is 28.4 Å². The highest BCUT2D eigenvalue weighted by Gasteiger charge is 2.14. The Labute approximate surface area is 219 Å². The average molecular weight is 499 g/mol. The molecule has 0 radical (unpaired) electrons. The minimum absolute atomic E-state index is 0.630. The second-order valence-corrected chi connectivity index (χ2v) is 8.76. The fourth-order valence-electron chi connectivity index (χ4n) is 4.29. The quantitative estimate of drug-likeness (QED) is 0.209. The fraction of sp³-hybridized carbons (Fsp3) is 0.250. The number of ether oxygens (including phenoxy) is 5. The normalized spacial score (nSPS) is 10.6. The molecule has 0 spiro atoms. The highest BCUT2D eigenvalue weighted by Crippen LogP contribution is 2.38. The van der Waals surface area contributed by atoms with Crippen LogP contribution < -0.4 is 23.7 Å². The maximum atomic E-state index is 6.34. The molecule has 4 aromatic rings. The van der Waals surface area contributed by atoms with Gasteiger partial charge in [0, 0.05) is 6.07 Å². The Balaban J connectivity index is 1.49. The largest absolute Gasteiger partial charge is 0.497 e. The fourth-order valence-corrected chi connectivity index (χ4v) is 4.29. The van der Waals surface area contributed by atoms with E-state index in [1.165, 1.54) is 16.7 Å². The van der Waals surface area contributed by atoms with Crippen LogP contribution >= 0.6 is 0 Å². The van der Waals surface area contributed by atoms with Crippen LogP contribution in [0.4, 0.5) is 0 Å². The highest BCUT2D eigenvalue weighted by molar-refractivity contribution is 5.52. The summed E-state index contributed by atoms with van der Waals surface area (Å²) in [5.41, 5.74) is 4.73. The number of aryl methyl sites for hydroxylation is 4. The molecular formula is C32H34O5. The lowest BCUT2D eigenvalue weighted by molar-refractivity contribution is 0.366. The maximum absolute atomic E-state index is 6.34. The zero-order valence-electron chi connectivity index (χ0n) is 22.0. The lowest BCUT2D eigenvalue weighted by Crippen LogP contribution is -1.99. The predicted molar refractivity (Wildman–Crippen MR) is 147 cm³/mol. The monoisotopic (exact) mass is 498 g/mol. The molecule has 0 saturated carbocycles. The summed E-state index contributed by atoms with van der Waals surface area (Å²) in [5, 5.41) is 0. The molecule has 0 atom stereocenters. The van der Waals surface area contributed by atoms with E-state index in [-0.39, 0.29) is 0 Å². The molecule has 5 heteroatoms. The van der Waals surface area contributed by atoms with Crippen molar-refractivity contribution in [2.45, 2.75) is 25.7 Å². The topological polar surface area (TPSA) is 46.2 Å². The first-order chi connectivity index (χ1) is 18.1. The summed E-state index contributed by atoms with van der Waals surface area (Å²) >= 11 is 0. The van der Waals surface area contributed by atoms with Crippen LogP contribution in [0.1, 0.15) is 22.3 Å². The van der Waals surface area contributed by atoms with Crippen LogP contribution in [0, 0.1) is 0 Å². The van der Waals surface area contributed by atoms with E-state index < -0.39 is 0 Å². The van der Waals surface area contributed by atoms with Gasteiger partial charge in [-0.2, -0.15) is 0 Å². The van der Waals surface area contributed by atoms with Gasteiger partial charge in [-0.15, -0.1) is 0 Å². The number of rotatable bonds is 12. The SMILES string of the molecule is COc1ccc(CCc2cccc(Oc3cc(CCc4cccc(OC)c4)c(OC)cc3OC)c2)cc1. The number of hydrogen-bond acceptors (Lipinski definition) is 5. The standard InChI is InChI=1S/C32H34O5/c1-33-27-17-14-23(15-18-27)11-12-24-8-6-10-29(20-24)37-32-21-26(30(35-3)22-31(32)36-4)16-13-25-7-5-9-28(19-25)34-2/h5-10,14-15,17-22H,11-13,16H2,1-4H3. The van der Waals surface area contributed by atoms with Crippen molar-refractivity contribution < 1.29 is 23.7 Å². The maximum Gasteiger partial charge on any atom is 0.169 e. The van der Waals surface area contributed by atoms with Crippen LogP contribution in [0.25, 0.3) is 0 Å². The van der Waals surface area contributed by atoms with E-state index in [9.17, 15) is 0 Å². The first-order valence-electron chi connectivity index (χ1n) is 12.4. The molecule has 5 nitrogen and oxygen atoms in total. The summed E-state index contributed by atoms with van der Waals surface area (Å²) in [5.74, 6) is 4.57. The molecule has 0 aliphatic rings. The van der Waals surface area contributed by atoms with E-state index >= 15 is 0 Å². The van der Waals surface area contributed by atoms with Crippen LogP contribution in [0.3, 0.4) is 0 Å². The van der Waals surface area contributed by atoms with Crippen molar-refractivity contribution in [2.24, 2.45) is 0 Å². The lowest BCUT2D eigenvalue weighted by atomic mass is 10.0. The van der Waals surface area contributed by atoms with Gasteiger partial charge < -0.3 is 23.7 Å².